The summed E-state index contributed by atoms with van der Waals surface area (Å²) in [5.74, 6) is 0. The highest BCUT2D eigenvalue weighted by Crippen LogP contribution is 2.25. The van der Waals surface area contributed by atoms with Gasteiger partial charge >= 0.3 is 0 Å². The molecule has 0 bridgehead atoms. The molecule has 4 nitrogen and oxygen atoms in total. The van der Waals surface area contributed by atoms with Crippen molar-refractivity contribution in [2.75, 3.05) is 5.32 Å². The summed E-state index contributed by atoms with van der Waals surface area (Å²) in [5, 5.41) is 12.9. The summed E-state index contributed by atoms with van der Waals surface area (Å²) in [4.78, 5) is 0. The van der Waals surface area contributed by atoms with E-state index >= 15 is 0 Å². The Kier molecular flexibility index (Phi) is 6.37. The first-order valence-electron chi connectivity index (χ1n) is 8.50. The molecule has 0 fully saturated rings. The van der Waals surface area contributed by atoms with Gasteiger partial charge in [0, 0.05) is 16.6 Å². The topological polar surface area (TPSA) is 41.9 Å². The molecule has 0 atom stereocenters. The Morgan fingerprint density at radius 3 is 2.56 bits per heavy atom. The molecular weight excluding hydrogens is 399 g/mol. The molecule has 2 aromatic carbocycles. The van der Waals surface area contributed by atoms with Gasteiger partial charge in [0.1, 0.15) is 0 Å². The smallest absolute Gasteiger partial charge is 0.171 e. The highest BCUT2D eigenvalue weighted by Gasteiger charge is 2.14. The molecule has 0 spiro atoms. The van der Waals surface area contributed by atoms with Gasteiger partial charge in [0.15, 0.2) is 5.11 Å². The average Bonchev–Trinajstić information content (AvgIpc) is 2.90. The fourth-order valence-corrected chi connectivity index (χ4v) is 3.42. The van der Waals surface area contributed by atoms with E-state index in [-0.39, 0.29) is 0 Å². The second kappa shape index (κ2) is 8.74. The number of aromatic nitrogens is 2. The Bertz CT molecular complexity index is 954. The van der Waals surface area contributed by atoms with Crippen LogP contribution in [-0.4, -0.2) is 14.9 Å². The first-order chi connectivity index (χ1) is 12.9. The van der Waals surface area contributed by atoms with Crippen LogP contribution in [0.2, 0.25) is 10.0 Å². The lowest BCUT2D eigenvalue weighted by Crippen LogP contribution is -2.28. The number of anilines is 1. The van der Waals surface area contributed by atoms with E-state index in [1.165, 1.54) is 5.56 Å². The summed E-state index contributed by atoms with van der Waals surface area (Å²) >= 11 is 17.7. The summed E-state index contributed by atoms with van der Waals surface area (Å²) < 4.78 is 1.91. The lowest BCUT2D eigenvalue weighted by Gasteiger charge is -2.11. The van der Waals surface area contributed by atoms with Crippen molar-refractivity contribution in [3.8, 4) is 0 Å². The van der Waals surface area contributed by atoms with Crippen LogP contribution in [0, 0.1) is 13.8 Å². The Hall–Kier alpha value is -2.08. The summed E-state index contributed by atoms with van der Waals surface area (Å²) in [7, 11) is 0. The van der Waals surface area contributed by atoms with Crippen molar-refractivity contribution >= 4 is 46.2 Å². The predicted octanol–water partition coefficient (Wildman–Crippen LogP) is 5.34. The van der Waals surface area contributed by atoms with E-state index in [4.69, 9.17) is 35.4 Å². The lowest BCUT2D eigenvalue weighted by atomic mass is 10.2. The molecule has 3 rings (SSSR count). The monoisotopic (exact) mass is 418 g/mol. The van der Waals surface area contributed by atoms with Crippen LogP contribution in [0.15, 0.2) is 48.5 Å². The molecule has 0 amide bonds. The van der Waals surface area contributed by atoms with E-state index in [1.807, 2.05) is 48.9 Å². The standard InChI is InChI=1S/C20H20Cl2N4S/c1-13-19(24-20(27)23-11-15-6-4-3-5-7-15)14(2)26(25-13)12-16-8-9-17(21)10-18(16)22/h3-10H,11-12H2,1-2H3,(H2,23,24,27). The van der Waals surface area contributed by atoms with Crippen molar-refractivity contribution in [3.63, 3.8) is 0 Å². The summed E-state index contributed by atoms with van der Waals surface area (Å²) in [6, 6.07) is 15.6. The molecule has 0 saturated heterocycles. The number of thiocarbonyl (C=S) groups is 1. The molecule has 2 N–H and O–H groups in total. The van der Waals surface area contributed by atoms with Crippen molar-refractivity contribution in [3.05, 3.63) is 81.1 Å². The molecule has 0 unspecified atom stereocenters. The number of nitrogens with one attached hydrogen (secondary N) is 2. The van der Waals surface area contributed by atoms with E-state index in [0.29, 0.717) is 28.2 Å². The maximum absolute atomic E-state index is 6.29. The van der Waals surface area contributed by atoms with Crippen LogP contribution in [0.4, 0.5) is 5.69 Å². The molecule has 0 aliphatic carbocycles. The molecule has 0 aliphatic heterocycles. The molecule has 0 aliphatic rings. The zero-order valence-corrected chi connectivity index (χ0v) is 17.4. The fourth-order valence-electron chi connectivity index (χ4n) is 2.78. The lowest BCUT2D eigenvalue weighted by molar-refractivity contribution is 0.659. The van der Waals surface area contributed by atoms with Crippen molar-refractivity contribution in [1.82, 2.24) is 15.1 Å². The minimum absolute atomic E-state index is 0.564. The quantitative estimate of drug-likeness (QED) is 0.548. The van der Waals surface area contributed by atoms with Crippen molar-refractivity contribution in [1.29, 1.82) is 0 Å². The van der Waals surface area contributed by atoms with E-state index in [9.17, 15) is 0 Å². The molecule has 0 radical (unpaired) electrons. The van der Waals surface area contributed by atoms with E-state index in [1.54, 1.807) is 6.07 Å². The number of aryl methyl sites for hydroxylation is 1. The molecule has 27 heavy (non-hydrogen) atoms. The zero-order chi connectivity index (χ0) is 19.4. The number of nitrogens with zero attached hydrogens (tertiary/aromatic N) is 2. The first-order valence-corrected chi connectivity index (χ1v) is 9.67. The maximum atomic E-state index is 6.29. The number of rotatable bonds is 5. The summed E-state index contributed by atoms with van der Waals surface area (Å²) in [5.41, 5.74) is 4.90. The number of hydrogen-bond acceptors (Lipinski definition) is 2. The van der Waals surface area contributed by atoms with Crippen LogP contribution in [-0.2, 0) is 13.1 Å². The SMILES string of the molecule is Cc1nn(Cc2ccc(Cl)cc2Cl)c(C)c1NC(=S)NCc1ccccc1. The Morgan fingerprint density at radius 1 is 1.11 bits per heavy atom. The van der Waals surface area contributed by atoms with Crippen LogP contribution in [0.1, 0.15) is 22.5 Å². The van der Waals surface area contributed by atoms with Crippen LogP contribution < -0.4 is 10.6 Å². The molecular formula is C20H20Cl2N4S. The minimum atomic E-state index is 0.564. The third-order valence-corrected chi connectivity index (χ3v) is 5.08. The van der Waals surface area contributed by atoms with Crippen molar-refractivity contribution in [2.45, 2.75) is 26.9 Å². The second-order valence-corrected chi connectivity index (χ2v) is 7.48. The zero-order valence-electron chi connectivity index (χ0n) is 15.1. The van der Waals surface area contributed by atoms with Gasteiger partial charge in [0.05, 0.1) is 23.6 Å². The van der Waals surface area contributed by atoms with Crippen LogP contribution >= 0.6 is 35.4 Å². The van der Waals surface area contributed by atoms with Crippen molar-refractivity contribution < 1.29 is 0 Å². The number of hydrogen-bond donors (Lipinski definition) is 2. The summed E-state index contributed by atoms with van der Waals surface area (Å²) in [6.07, 6.45) is 0. The van der Waals surface area contributed by atoms with Crippen LogP contribution in [0.3, 0.4) is 0 Å². The second-order valence-electron chi connectivity index (χ2n) is 6.23. The number of benzene rings is 2. The molecule has 1 heterocycles. The van der Waals surface area contributed by atoms with Gasteiger partial charge in [0.2, 0.25) is 0 Å². The minimum Gasteiger partial charge on any atom is -0.358 e. The normalized spacial score (nSPS) is 10.7. The highest BCUT2D eigenvalue weighted by atomic mass is 35.5. The van der Waals surface area contributed by atoms with E-state index < -0.39 is 0 Å². The van der Waals surface area contributed by atoms with Gasteiger partial charge in [-0.25, -0.2) is 0 Å². The van der Waals surface area contributed by atoms with Gasteiger partial charge in [-0.2, -0.15) is 5.10 Å². The summed E-state index contributed by atoms with van der Waals surface area (Å²) in [6.45, 7) is 5.19. The van der Waals surface area contributed by atoms with Gasteiger partial charge in [-0.05, 0) is 49.3 Å². The van der Waals surface area contributed by atoms with Crippen molar-refractivity contribution in [2.24, 2.45) is 0 Å². The molecule has 0 saturated carbocycles. The van der Waals surface area contributed by atoms with E-state index in [0.717, 1.165) is 22.6 Å². The highest BCUT2D eigenvalue weighted by molar-refractivity contribution is 7.80. The Labute approximate surface area is 174 Å². The van der Waals surface area contributed by atoms with Crippen LogP contribution in [0.25, 0.3) is 0 Å². The van der Waals surface area contributed by atoms with Gasteiger partial charge in [0.25, 0.3) is 0 Å². The fraction of sp³-hybridized carbons (Fsp3) is 0.200. The molecule has 140 valence electrons. The largest absolute Gasteiger partial charge is 0.358 e. The third kappa shape index (κ3) is 5.01. The first kappa shape index (κ1) is 19.7. The third-order valence-electron chi connectivity index (χ3n) is 4.25. The molecule has 7 heteroatoms. The molecule has 1 aromatic heterocycles. The van der Waals surface area contributed by atoms with Gasteiger partial charge in [-0.15, -0.1) is 0 Å². The predicted molar refractivity (Wildman–Crippen MR) is 117 cm³/mol. The van der Waals surface area contributed by atoms with Crippen LogP contribution in [0.5, 0.6) is 0 Å². The van der Waals surface area contributed by atoms with Gasteiger partial charge in [-0.3, -0.25) is 4.68 Å². The Balaban J connectivity index is 1.68. The van der Waals surface area contributed by atoms with Gasteiger partial charge in [-0.1, -0.05) is 59.6 Å². The van der Waals surface area contributed by atoms with E-state index in [2.05, 4.69) is 27.9 Å². The van der Waals surface area contributed by atoms with Gasteiger partial charge < -0.3 is 10.6 Å². The number of halogens is 2. The maximum Gasteiger partial charge on any atom is 0.171 e. The molecule has 3 aromatic rings. The Morgan fingerprint density at radius 2 is 1.85 bits per heavy atom. The average molecular weight is 419 g/mol.